The molecule has 0 spiro atoms. The fourth-order valence-corrected chi connectivity index (χ4v) is 7.52. The Labute approximate surface area is 259 Å². The number of rotatable bonds is 4. The van der Waals surface area contributed by atoms with Crippen LogP contribution < -0.4 is 0 Å². The summed E-state index contributed by atoms with van der Waals surface area (Å²) in [5.74, 6) is -4.14. The summed E-state index contributed by atoms with van der Waals surface area (Å²) in [6, 6.07) is -0.282. The summed E-state index contributed by atoms with van der Waals surface area (Å²) in [5, 5.41) is 11.6. The highest BCUT2D eigenvalue weighted by atomic mass is 16.8. The molecule has 4 aliphatic rings. The van der Waals surface area contributed by atoms with Crippen LogP contribution in [-0.2, 0) is 42.7 Å². The summed E-state index contributed by atoms with van der Waals surface area (Å²) in [6.45, 7) is 13.7. The van der Waals surface area contributed by atoms with Gasteiger partial charge in [0.1, 0.15) is 11.9 Å². The van der Waals surface area contributed by atoms with Gasteiger partial charge in [-0.25, -0.2) is 9.59 Å². The molecule has 0 aliphatic carbocycles. The number of aliphatic hydroxyl groups is 1. The van der Waals surface area contributed by atoms with Gasteiger partial charge in [-0.1, -0.05) is 27.7 Å². The molecule has 0 aromatic carbocycles. The van der Waals surface area contributed by atoms with Gasteiger partial charge in [0.25, 0.3) is 0 Å². The third-order valence-corrected chi connectivity index (χ3v) is 10.3. The molecule has 4 aliphatic heterocycles. The second-order valence-corrected chi connectivity index (χ2v) is 13.5. The average molecular weight is 628 g/mol. The molecule has 1 N–H and O–H groups in total. The van der Waals surface area contributed by atoms with Crippen LogP contribution in [0.5, 0.6) is 0 Å². The Morgan fingerprint density at radius 1 is 1.00 bits per heavy atom. The van der Waals surface area contributed by atoms with Crippen LogP contribution in [0.3, 0.4) is 0 Å². The lowest BCUT2D eigenvalue weighted by Crippen LogP contribution is -2.59. The number of ether oxygens (including phenoxy) is 7. The molecule has 13 nitrogen and oxygen atoms in total. The minimum Gasteiger partial charge on any atom is -0.458 e. The van der Waals surface area contributed by atoms with E-state index in [0.29, 0.717) is 6.42 Å². The third kappa shape index (κ3) is 6.04. The normalized spacial score (nSPS) is 47.1. The number of esters is 1. The van der Waals surface area contributed by atoms with Gasteiger partial charge in [0.2, 0.25) is 0 Å². The quantitative estimate of drug-likeness (QED) is 0.359. The molecule has 4 heterocycles. The molecule has 0 saturated carbocycles. The van der Waals surface area contributed by atoms with E-state index in [1.807, 2.05) is 6.92 Å². The molecular formula is C31H49NO12. The van der Waals surface area contributed by atoms with Gasteiger partial charge in [-0.3, -0.25) is 9.59 Å². The fourth-order valence-electron chi connectivity index (χ4n) is 7.52. The van der Waals surface area contributed by atoms with E-state index in [2.05, 4.69) is 0 Å². The maximum absolute atomic E-state index is 13.9. The van der Waals surface area contributed by atoms with E-state index in [1.165, 1.54) is 12.0 Å². The third-order valence-electron chi connectivity index (χ3n) is 10.3. The molecule has 0 aromatic heterocycles. The Balaban J connectivity index is 1.75. The number of amides is 1. The lowest BCUT2D eigenvalue weighted by molar-refractivity contribution is -0.291. The first-order chi connectivity index (χ1) is 20.5. The summed E-state index contributed by atoms with van der Waals surface area (Å²) in [7, 11) is 3.15. The molecule has 13 heteroatoms. The van der Waals surface area contributed by atoms with Crippen LogP contribution in [0.4, 0.5) is 9.59 Å². The van der Waals surface area contributed by atoms with E-state index in [0.717, 1.165) is 0 Å². The van der Waals surface area contributed by atoms with Crippen LogP contribution in [-0.4, -0.2) is 108 Å². The van der Waals surface area contributed by atoms with Crippen LogP contribution in [0.25, 0.3) is 0 Å². The Morgan fingerprint density at radius 3 is 2.27 bits per heavy atom. The lowest BCUT2D eigenvalue weighted by atomic mass is 9.74. The molecule has 44 heavy (non-hydrogen) atoms. The van der Waals surface area contributed by atoms with Crippen LogP contribution in [0.1, 0.15) is 74.7 Å². The SMILES string of the molecule is CCC1OC(=O)[C@H](C)C(O)C(C)[C@@H](OC2OC(C)CC3[C@H]2OC(=O)N3C)[C@](C)(OC)C[C@@H](C)C(=O)[C@H](C)[C@H]2OC(=O)O[C@]12C. The number of fused-ring (bicyclic) bond motifs is 2. The zero-order valence-corrected chi connectivity index (χ0v) is 27.4. The first-order valence-electron chi connectivity index (χ1n) is 15.6. The van der Waals surface area contributed by atoms with Crippen molar-refractivity contribution >= 4 is 24.0 Å². The molecule has 4 rings (SSSR count). The lowest BCUT2D eigenvalue weighted by Gasteiger charge is -2.47. The van der Waals surface area contributed by atoms with Crippen LogP contribution >= 0.6 is 0 Å². The minimum atomic E-state index is -1.43. The Kier molecular flexibility index (Phi) is 9.95. The smallest absolute Gasteiger partial charge is 0.458 e. The molecular weight excluding hydrogens is 578 g/mol. The van der Waals surface area contributed by atoms with Gasteiger partial charge < -0.3 is 43.2 Å². The second kappa shape index (κ2) is 12.7. The number of carbonyl (C=O) groups excluding carboxylic acids is 4. The van der Waals surface area contributed by atoms with Crippen molar-refractivity contribution in [1.82, 2.24) is 4.90 Å². The van der Waals surface area contributed by atoms with E-state index in [1.54, 1.807) is 55.5 Å². The van der Waals surface area contributed by atoms with Crippen molar-refractivity contribution in [2.45, 2.75) is 135 Å². The molecule has 0 radical (unpaired) electrons. The highest BCUT2D eigenvalue weighted by Crippen LogP contribution is 2.43. The molecule has 0 aromatic rings. The molecule has 250 valence electrons. The van der Waals surface area contributed by atoms with Crippen molar-refractivity contribution in [3.8, 4) is 0 Å². The van der Waals surface area contributed by atoms with Crippen molar-refractivity contribution in [3.63, 3.8) is 0 Å². The van der Waals surface area contributed by atoms with Gasteiger partial charge in [0.05, 0.1) is 41.8 Å². The summed E-state index contributed by atoms with van der Waals surface area (Å²) < 4.78 is 41.5. The topological polar surface area (TPSA) is 156 Å². The summed E-state index contributed by atoms with van der Waals surface area (Å²) in [5.41, 5.74) is -2.63. The summed E-state index contributed by atoms with van der Waals surface area (Å²) in [4.78, 5) is 53.8. The number of nitrogens with zero attached hydrogens (tertiary/aromatic N) is 1. The molecule has 4 fully saturated rings. The van der Waals surface area contributed by atoms with Gasteiger partial charge in [0.15, 0.2) is 24.1 Å². The molecule has 14 atom stereocenters. The zero-order chi connectivity index (χ0) is 32.9. The van der Waals surface area contributed by atoms with E-state index >= 15 is 0 Å². The van der Waals surface area contributed by atoms with Crippen molar-refractivity contribution in [2.24, 2.45) is 23.7 Å². The number of hydrogen-bond acceptors (Lipinski definition) is 12. The maximum Gasteiger partial charge on any atom is 0.509 e. The van der Waals surface area contributed by atoms with Crippen molar-refractivity contribution < 1.29 is 57.4 Å². The largest absolute Gasteiger partial charge is 0.509 e. The minimum absolute atomic E-state index is 0.152. The standard InChI is InChI=1S/C31H49NO12/c1-11-20-31(8)25(43-29(37)44-31)16(4)21(33)14(2)13-30(7,38-10)24(17(5)22(34)18(6)26(35)40-20)42-27-23-19(12-15(3)39-27)32(9)28(36)41-23/h14-20,22-25,27,34H,11-13H2,1-10H3/t14-,15?,16+,17?,18-,19?,20?,22?,23-,24-,25-,27?,30-,31-/m1/s1. The summed E-state index contributed by atoms with van der Waals surface area (Å²) >= 11 is 0. The van der Waals surface area contributed by atoms with E-state index in [-0.39, 0.29) is 30.8 Å². The first kappa shape index (κ1) is 34.4. The van der Waals surface area contributed by atoms with Crippen LogP contribution in [0, 0.1) is 23.7 Å². The number of methoxy groups -OCH3 is 1. The Morgan fingerprint density at radius 2 is 1.66 bits per heavy atom. The number of cyclic esters (lactones) is 1. The number of ketones is 1. The molecule has 0 bridgehead atoms. The van der Waals surface area contributed by atoms with Gasteiger partial charge in [-0.05, 0) is 47.0 Å². The zero-order valence-electron chi connectivity index (χ0n) is 27.4. The van der Waals surface area contributed by atoms with Crippen LogP contribution in [0.15, 0.2) is 0 Å². The van der Waals surface area contributed by atoms with Gasteiger partial charge >= 0.3 is 18.2 Å². The number of carbonyl (C=O) groups is 4. The number of hydrogen-bond donors (Lipinski definition) is 1. The van der Waals surface area contributed by atoms with Gasteiger partial charge in [0, 0.05) is 26.0 Å². The summed E-state index contributed by atoms with van der Waals surface area (Å²) in [6.07, 6.45) is -6.65. The predicted molar refractivity (Wildman–Crippen MR) is 153 cm³/mol. The number of aliphatic hydroxyl groups excluding tert-OH is 1. The predicted octanol–water partition coefficient (Wildman–Crippen LogP) is 3.22. The van der Waals surface area contributed by atoms with Crippen molar-refractivity contribution in [1.29, 1.82) is 0 Å². The average Bonchev–Trinajstić information content (AvgIpc) is 3.45. The van der Waals surface area contributed by atoms with Gasteiger partial charge in [-0.2, -0.15) is 0 Å². The highest BCUT2D eigenvalue weighted by Gasteiger charge is 2.59. The fraction of sp³-hybridized carbons (Fsp3) is 0.871. The van der Waals surface area contributed by atoms with Crippen molar-refractivity contribution in [2.75, 3.05) is 14.2 Å². The first-order valence-corrected chi connectivity index (χ1v) is 15.6. The maximum atomic E-state index is 13.9. The monoisotopic (exact) mass is 627 g/mol. The van der Waals surface area contributed by atoms with Crippen molar-refractivity contribution in [3.05, 3.63) is 0 Å². The molecule has 1 amide bonds. The second-order valence-electron chi connectivity index (χ2n) is 13.5. The number of Topliss-reactive ketones (excluding diaryl/α,β-unsaturated/α-hetero) is 1. The Hall–Kier alpha value is -2.48. The van der Waals surface area contributed by atoms with Gasteiger partial charge in [-0.15, -0.1) is 0 Å². The Bertz CT molecular complexity index is 1120. The van der Waals surface area contributed by atoms with E-state index in [9.17, 15) is 24.3 Å². The molecule has 6 unspecified atom stereocenters. The number of likely N-dealkylation sites (N-methyl/N-ethyl adjacent to an activating group) is 1. The highest BCUT2D eigenvalue weighted by molar-refractivity contribution is 5.84. The van der Waals surface area contributed by atoms with E-state index < -0.39 is 89.9 Å². The molecule has 4 saturated heterocycles. The van der Waals surface area contributed by atoms with Crippen LogP contribution in [0.2, 0.25) is 0 Å². The van der Waals surface area contributed by atoms with E-state index in [4.69, 9.17) is 33.2 Å².